The summed E-state index contributed by atoms with van der Waals surface area (Å²) in [6.07, 6.45) is 0. The molecule has 0 fully saturated rings. The molecule has 0 heterocycles. The van der Waals surface area contributed by atoms with Crippen molar-refractivity contribution in [2.75, 3.05) is 13.7 Å². The average Bonchev–Trinajstić information content (AvgIpc) is 2.58. The number of para-hydroxylation sites is 1. The molecule has 2 aromatic carbocycles. The minimum atomic E-state index is -0.0437. The second-order valence-corrected chi connectivity index (χ2v) is 6.33. The number of amides is 1. The van der Waals surface area contributed by atoms with Gasteiger partial charge in [-0.3, -0.25) is 4.79 Å². The van der Waals surface area contributed by atoms with Crippen LogP contribution in [-0.4, -0.2) is 19.6 Å². The summed E-state index contributed by atoms with van der Waals surface area (Å²) in [7, 11) is 1.62. The molecule has 0 aromatic heterocycles. The quantitative estimate of drug-likeness (QED) is 0.790. The van der Waals surface area contributed by atoms with Crippen molar-refractivity contribution in [1.29, 1.82) is 0 Å². The summed E-state index contributed by atoms with van der Waals surface area (Å²) in [5.74, 6) is 0.723. The predicted octanol–water partition coefficient (Wildman–Crippen LogP) is 2.94. The molecule has 24 heavy (non-hydrogen) atoms. The molecule has 6 heteroatoms. The Morgan fingerprint density at radius 2 is 2.00 bits per heavy atom. The van der Waals surface area contributed by atoms with Gasteiger partial charge in [-0.25, -0.2) is 0 Å². The second kappa shape index (κ2) is 8.92. The predicted molar refractivity (Wildman–Crippen MR) is 96.5 cm³/mol. The van der Waals surface area contributed by atoms with Gasteiger partial charge in [0, 0.05) is 22.7 Å². The molecule has 0 radical (unpaired) electrons. The van der Waals surface area contributed by atoms with Gasteiger partial charge in [0.25, 0.3) is 5.91 Å². The molecule has 2 rings (SSSR count). The third-order valence-corrected chi connectivity index (χ3v) is 4.34. The molecular formula is C18H21Cl2N2O2+. The fraction of sp³-hybridized carbons (Fsp3) is 0.278. The van der Waals surface area contributed by atoms with E-state index in [-0.39, 0.29) is 11.9 Å². The third kappa shape index (κ3) is 5.13. The highest BCUT2D eigenvalue weighted by Gasteiger charge is 2.15. The summed E-state index contributed by atoms with van der Waals surface area (Å²) < 4.78 is 5.27. The van der Waals surface area contributed by atoms with E-state index in [4.69, 9.17) is 27.9 Å². The number of halogens is 2. The molecule has 0 saturated carbocycles. The Kier molecular flexibility index (Phi) is 6.91. The van der Waals surface area contributed by atoms with Crippen LogP contribution in [0.4, 0.5) is 0 Å². The Morgan fingerprint density at radius 3 is 2.71 bits per heavy atom. The summed E-state index contributed by atoms with van der Waals surface area (Å²) in [5.41, 5.74) is 1.90. The van der Waals surface area contributed by atoms with Gasteiger partial charge in [-0.1, -0.05) is 47.5 Å². The van der Waals surface area contributed by atoms with Crippen LogP contribution in [0.5, 0.6) is 5.75 Å². The third-order valence-electron chi connectivity index (χ3n) is 3.78. The van der Waals surface area contributed by atoms with Gasteiger partial charge in [0.15, 0.2) is 6.54 Å². The van der Waals surface area contributed by atoms with Crippen LogP contribution < -0.4 is 15.4 Å². The first-order valence-corrected chi connectivity index (χ1v) is 8.43. The maximum absolute atomic E-state index is 12.1. The fourth-order valence-electron chi connectivity index (χ4n) is 2.40. The van der Waals surface area contributed by atoms with Crippen LogP contribution >= 0.6 is 23.2 Å². The molecule has 1 atom stereocenters. The first-order chi connectivity index (χ1) is 11.5. The summed E-state index contributed by atoms with van der Waals surface area (Å²) >= 11 is 12.1. The summed E-state index contributed by atoms with van der Waals surface area (Å²) in [4.78, 5) is 12.1. The minimum Gasteiger partial charge on any atom is -0.496 e. The van der Waals surface area contributed by atoms with Gasteiger partial charge in [0.1, 0.15) is 11.8 Å². The lowest BCUT2D eigenvalue weighted by Crippen LogP contribution is -2.87. The maximum atomic E-state index is 12.1. The minimum absolute atomic E-state index is 0.0437. The number of rotatable bonds is 7. The highest BCUT2D eigenvalue weighted by Crippen LogP contribution is 2.24. The van der Waals surface area contributed by atoms with Crippen LogP contribution in [0.25, 0.3) is 0 Å². The van der Waals surface area contributed by atoms with Crippen molar-refractivity contribution < 1.29 is 14.8 Å². The van der Waals surface area contributed by atoms with E-state index < -0.39 is 0 Å². The Morgan fingerprint density at radius 1 is 1.25 bits per heavy atom. The maximum Gasteiger partial charge on any atom is 0.275 e. The second-order valence-electron chi connectivity index (χ2n) is 5.48. The zero-order chi connectivity index (χ0) is 17.5. The van der Waals surface area contributed by atoms with Gasteiger partial charge >= 0.3 is 0 Å². The van der Waals surface area contributed by atoms with Gasteiger partial charge in [-0.05, 0) is 25.1 Å². The molecule has 0 unspecified atom stereocenters. The zero-order valence-electron chi connectivity index (χ0n) is 13.7. The summed E-state index contributed by atoms with van der Waals surface area (Å²) in [6.45, 7) is 2.75. The number of quaternary nitrogens is 1. The molecule has 0 bridgehead atoms. The molecule has 2 aromatic rings. The lowest BCUT2D eigenvalue weighted by Gasteiger charge is -2.13. The monoisotopic (exact) mass is 367 g/mol. The average molecular weight is 368 g/mol. The molecule has 128 valence electrons. The van der Waals surface area contributed by atoms with Crippen LogP contribution in [-0.2, 0) is 11.3 Å². The van der Waals surface area contributed by atoms with Gasteiger partial charge < -0.3 is 15.4 Å². The van der Waals surface area contributed by atoms with Crippen LogP contribution in [0.15, 0.2) is 42.5 Å². The Bertz CT molecular complexity index is 707. The van der Waals surface area contributed by atoms with E-state index in [9.17, 15) is 4.79 Å². The smallest absolute Gasteiger partial charge is 0.275 e. The van der Waals surface area contributed by atoms with E-state index in [2.05, 4.69) is 5.32 Å². The normalized spacial score (nSPS) is 11.8. The molecule has 3 N–H and O–H groups in total. The lowest BCUT2D eigenvalue weighted by molar-refractivity contribution is -0.682. The number of carbonyl (C=O) groups excluding carboxylic acids is 1. The van der Waals surface area contributed by atoms with Crippen LogP contribution in [0.3, 0.4) is 0 Å². The zero-order valence-corrected chi connectivity index (χ0v) is 15.2. The summed E-state index contributed by atoms with van der Waals surface area (Å²) in [6, 6.07) is 13.1. The van der Waals surface area contributed by atoms with Crippen molar-refractivity contribution in [2.45, 2.75) is 19.5 Å². The number of hydrogen-bond acceptors (Lipinski definition) is 2. The van der Waals surface area contributed by atoms with Crippen LogP contribution in [0.1, 0.15) is 24.1 Å². The molecular weight excluding hydrogens is 347 g/mol. The number of benzene rings is 2. The van der Waals surface area contributed by atoms with Crippen molar-refractivity contribution in [3.63, 3.8) is 0 Å². The molecule has 0 aliphatic rings. The molecule has 4 nitrogen and oxygen atoms in total. The largest absolute Gasteiger partial charge is 0.496 e. The van der Waals surface area contributed by atoms with Gasteiger partial charge in [-0.2, -0.15) is 0 Å². The van der Waals surface area contributed by atoms with E-state index in [1.165, 1.54) is 0 Å². The number of methoxy groups -OCH3 is 1. The molecule has 0 aliphatic heterocycles. The SMILES string of the molecule is COc1ccccc1CNC(=O)C[NH2+][C@@H](C)c1ccc(Cl)cc1Cl. The first-order valence-electron chi connectivity index (χ1n) is 7.68. The Hall–Kier alpha value is -1.75. The highest BCUT2D eigenvalue weighted by atomic mass is 35.5. The number of carbonyl (C=O) groups is 1. The van der Waals surface area contributed by atoms with Crippen molar-refractivity contribution >= 4 is 29.1 Å². The van der Waals surface area contributed by atoms with Crippen molar-refractivity contribution in [3.8, 4) is 5.75 Å². The molecule has 0 saturated heterocycles. The van der Waals surface area contributed by atoms with Gasteiger partial charge in [-0.15, -0.1) is 0 Å². The standard InChI is InChI=1S/C18H20Cl2N2O2/c1-12(15-8-7-14(19)9-16(15)20)21-11-18(23)22-10-13-5-3-4-6-17(13)24-2/h3-9,12,21H,10-11H2,1-2H3,(H,22,23)/p+1/t12-/m0/s1. The van der Waals surface area contributed by atoms with Gasteiger partial charge in [0.2, 0.25) is 0 Å². The van der Waals surface area contributed by atoms with E-state index in [1.54, 1.807) is 19.2 Å². The topological polar surface area (TPSA) is 54.9 Å². The fourth-order valence-corrected chi connectivity index (χ4v) is 2.98. The number of hydrogen-bond donors (Lipinski definition) is 2. The molecule has 0 spiro atoms. The molecule has 0 aliphatic carbocycles. The number of nitrogens with two attached hydrogens (primary N) is 1. The lowest BCUT2D eigenvalue weighted by atomic mass is 10.1. The highest BCUT2D eigenvalue weighted by molar-refractivity contribution is 6.35. The number of ether oxygens (including phenoxy) is 1. The van der Waals surface area contributed by atoms with E-state index >= 15 is 0 Å². The van der Waals surface area contributed by atoms with Crippen LogP contribution in [0, 0.1) is 0 Å². The van der Waals surface area contributed by atoms with Crippen LogP contribution in [0.2, 0.25) is 10.0 Å². The van der Waals surface area contributed by atoms with E-state index in [0.29, 0.717) is 23.1 Å². The Balaban J connectivity index is 1.84. The summed E-state index contributed by atoms with van der Waals surface area (Å²) in [5, 5.41) is 6.05. The Labute approximate surface area is 152 Å². The van der Waals surface area contributed by atoms with Crippen molar-refractivity contribution in [3.05, 3.63) is 63.6 Å². The van der Waals surface area contributed by atoms with Crippen molar-refractivity contribution in [1.82, 2.24) is 5.32 Å². The van der Waals surface area contributed by atoms with E-state index in [1.807, 2.05) is 42.6 Å². The molecule has 1 amide bonds. The van der Waals surface area contributed by atoms with E-state index in [0.717, 1.165) is 16.9 Å². The first kappa shape index (κ1) is 18.6. The van der Waals surface area contributed by atoms with Crippen molar-refractivity contribution in [2.24, 2.45) is 0 Å². The van der Waals surface area contributed by atoms with Gasteiger partial charge in [0.05, 0.1) is 12.1 Å². The number of nitrogens with one attached hydrogen (secondary N) is 1.